The molecule has 6 nitrogen and oxygen atoms in total. The van der Waals surface area contributed by atoms with Gasteiger partial charge in [0.2, 0.25) is 0 Å². The van der Waals surface area contributed by atoms with Crippen LogP contribution < -0.4 is 0 Å². The van der Waals surface area contributed by atoms with Crippen LogP contribution in [0.2, 0.25) is 0 Å². The molecule has 1 heterocycles. The average molecular weight is 257 g/mol. The first-order valence-corrected chi connectivity index (χ1v) is 6.60. The minimum atomic E-state index is -0.850. The van der Waals surface area contributed by atoms with Crippen LogP contribution in [-0.2, 0) is 11.2 Å². The van der Waals surface area contributed by atoms with Gasteiger partial charge in [-0.25, -0.2) is 0 Å². The Morgan fingerprint density at radius 2 is 2.24 bits per heavy atom. The van der Waals surface area contributed by atoms with E-state index in [1.54, 1.807) is 0 Å². The zero-order chi connectivity index (χ0) is 12.3. The van der Waals surface area contributed by atoms with Gasteiger partial charge in [0.25, 0.3) is 0 Å². The molecule has 0 aliphatic heterocycles. The number of aromatic nitrogens is 3. The Kier molecular flexibility index (Phi) is 4.01. The summed E-state index contributed by atoms with van der Waals surface area (Å²) in [5.74, 6) is 0.0110. The molecule has 1 fully saturated rings. The van der Waals surface area contributed by atoms with Crippen LogP contribution in [-0.4, -0.2) is 43.3 Å². The van der Waals surface area contributed by atoms with Crippen molar-refractivity contribution in [2.75, 3.05) is 12.4 Å². The summed E-state index contributed by atoms with van der Waals surface area (Å²) in [7, 11) is 0. The molecule has 0 radical (unpaired) electrons. The summed E-state index contributed by atoms with van der Waals surface area (Å²) < 4.78 is 2.03. The molecule has 2 N–H and O–H groups in total. The van der Waals surface area contributed by atoms with Crippen molar-refractivity contribution in [1.29, 1.82) is 0 Å². The highest BCUT2D eigenvalue weighted by Crippen LogP contribution is 2.38. The number of hydrogen-bond acceptors (Lipinski definition) is 5. The highest BCUT2D eigenvalue weighted by atomic mass is 32.2. The zero-order valence-corrected chi connectivity index (χ0v) is 10.2. The van der Waals surface area contributed by atoms with Crippen molar-refractivity contribution in [3.05, 3.63) is 5.82 Å². The van der Waals surface area contributed by atoms with Crippen molar-refractivity contribution < 1.29 is 15.0 Å². The Labute approximate surface area is 103 Å². The van der Waals surface area contributed by atoms with Crippen molar-refractivity contribution in [3.8, 4) is 0 Å². The Hall–Kier alpha value is -1.08. The fourth-order valence-corrected chi connectivity index (χ4v) is 2.38. The summed E-state index contributed by atoms with van der Waals surface area (Å²) in [6, 6.07) is 0.426. The number of carboxylic acid groups (broad SMARTS) is 1. The molecule has 1 aliphatic carbocycles. The number of carbonyl (C=O) groups is 1. The maximum Gasteiger partial charge on any atom is 0.313 e. The van der Waals surface area contributed by atoms with Crippen molar-refractivity contribution >= 4 is 17.7 Å². The molecule has 0 unspecified atom stereocenters. The van der Waals surface area contributed by atoms with Gasteiger partial charge in [-0.2, -0.15) is 0 Å². The SMILES string of the molecule is O=C(O)CSc1nnc(CCCO)n1C1CC1. The Morgan fingerprint density at radius 1 is 1.47 bits per heavy atom. The predicted molar refractivity (Wildman–Crippen MR) is 62.1 cm³/mol. The monoisotopic (exact) mass is 257 g/mol. The lowest BCUT2D eigenvalue weighted by Crippen LogP contribution is -2.06. The van der Waals surface area contributed by atoms with Gasteiger partial charge in [0.15, 0.2) is 5.16 Å². The number of aliphatic hydroxyl groups is 1. The summed E-state index contributed by atoms with van der Waals surface area (Å²) in [6.45, 7) is 0.134. The summed E-state index contributed by atoms with van der Waals surface area (Å²) in [5.41, 5.74) is 0. The third-order valence-electron chi connectivity index (χ3n) is 2.53. The van der Waals surface area contributed by atoms with Gasteiger partial charge < -0.3 is 14.8 Å². The molecule has 1 saturated carbocycles. The molecular formula is C10H15N3O3S. The van der Waals surface area contributed by atoms with Gasteiger partial charge >= 0.3 is 5.97 Å². The van der Waals surface area contributed by atoms with Crippen LogP contribution >= 0.6 is 11.8 Å². The summed E-state index contributed by atoms with van der Waals surface area (Å²) in [6.07, 6.45) is 3.55. The zero-order valence-electron chi connectivity index (χ0n) is 9.37. The molecule has 17 heavy (non-hydrogen) atoms. The number of aryl methyl sites for hydroxylation is 1. The normalized spacial score (nSPS) is 15.1. The number of hydrogen-bond donors (Lipinski definition) is 2. The van der Waals surface area contributed by atoms with Crippen molar-refractivity contribution in [2.45, 2.75) is 36.9 Å². The van der Waals surface area contributed by atoms with E-state index in [-0.39, 0.29) is 12.4 Å². The van der Waals surface area contributed by atoms with Crippen LogP contribution in [0, 0.1) is 0 Å². The Balaban J connectivity index is 2.09. The van der Waals surface area contributed by atoms with Gasteiger partial charge in [-0.3, -0.25) is 4.79 Å². The fraction of sp³-hybridized carbons (Fsp3) is 0.700. The van der Waals surface area contributed by atoms with Crippen LogP contribution in [0.3, 0.4) is 0 Å². The van der Waals surface area contributed by atoms with E-state index in [9.17, 15) is 4.79 Å². The molecule has 1 aromatic rings. The molecule has 7 heteroatoms. The lowest BCUT2D eigenvalue weighted by molar-refractivity contribution is -0.133. The van der Waals surface area contributed by atoms with E-state index < -0.39 is 5.97 Å². The molecule has 94 valence electrons. The molecule has 1 aromatic heterocycles. The minimum absolute atomic E-state index is 0.00481. The van der Waals surface area contributed by atoms with Gasteiger partial charge in [0.1, 0.15) is 5.82 Å². The molecule has 0 atom stereocenters. The number of rotatable bonds is 7. The standard InChI is InChI=1S/C10H15N3O3S/c14-5-1-2-8-11-12-10(17-6-9(15)16)13(8)7-3-4-7/h7,14H,1-6H2,(H,15,16). The summed E-state index contributed by atoms with van der Waals surface area (Å²) in [5, 5.41) is 26.3. The van der Waals surface area contributed by atoms with Gasteiger partial charge in [0.05, 0.1) is 5.75 Å². The van der Waals surface area contributed by atoms with Gasteiger partial charge in [0, 0.05) is 19.1 Å². The van der Waals surface area contributed by atoms with E-state index in [0.717, 1.165) is 18.7 Å². The topological polar surface area (TPSA) is 88.2 Å². The summed E-state index contributed by atoms with van der Waals surface area (Å²) in [4.78, 5) is 10.5. The lowest BCUT2D eigenvalue weighted by Gasteiger charge is -2.07. The Morgan fingerprint density at radius 3 is 2.82 bits per heavy atom. The molecule has 0 saturated heterocycles. The molecule has 2 rings (SSSR count). The largest absolute Gasteiger partial charge is 0.481 e. The van der Waals surface area contributed by atoms with Crippen LogP contribution in [0.5, 0.6) is 0 Å². The van der Waals surface area contributed by atoms with E-state index in [1.165, 1.54) is 11.8 Å². The predicted octanol–water partition coefficient (Wildman–Crippen LogP) is 0.715. The quantitative estimate of drug-likeness (QED) is 0.700. The van der Waals surface area contributed by atoms with Crippen LogP contribution in [0.25, 0.3) is 0 Å². The second-order valence-electron chi connectivity index (χ2n) is 4.01. The van der Waals surface area contributed by atoms with E-state index >= 15 is 0 Å². The average Bonchev–Trinajstić information content (AvgIpc) is 3.05. The number of aliphatic carboxylic acids is 1. The first-order chi connectivity index (χ1) is 8.22. The van der Waals surface area contributed by atoms with Crippen molar-refractivity contribution in [2.24, 2.45) is 0 Å². The maximum absolute atomic E-state index is 10.5. The second kappa shape index (κ2) is 5.50. The number of thioether (sulfide) groups is 1. The van der Waals surface area contributed by atoms with Gasteiger partial charge in [-0.05, 0) is 19.3 Å². The molecule has 0 bridgehead atoms. The summed E-state index contributed by atoms with van der Waals surface area (Å²) >= 11 is 1.21. The molecule has 1 aliphatic rings. The highest BCUT2D eigenvalue weighted by molar-refractivity contribution is 7.99. The minimum Gasteiger partial charge on any atom is -0.481 e. The van der Waals surface area contributed by atoms with Crippen LogP contribution in [0.1, 0.15) is 31.1 Å². The van der Waals surface area contributed by atoms with Crippen molar-refractivity contribution in [1.82, 2.24) is 14.8 Å². The maximum atomic E-state index is 10.5. The lowest BCUT2D eigenvalue weighted by atomic mass is 10.3. The smallest absolute Gasteiger partial charge is 0.313 e. The molecule has 0 aromatic carbocycles. The molecule has 0 spiro atoms. The second-order valence-corrected chi connectivity index (χ2v) is 4.95. The van der Waals surface area contributed by atoms with E-state index in [1.807, 2.05) is 4.57 Å². The third-order valence-corrected chi connectivity index (χ3v) is 3.46. The Bertz CT molecular complexity index is 404. The van der Waals surface area contributed by atoms with E-state index in [2.05, 4.69) is 10.2 Å². The van der Waals surface area contributed by atoms with E-state index in [0.29, 0.717) is 24.0 Å². The third kappa shape index (κ3) is 3.19. The van der Waals surface area contributed by atoms with Gasteiger partial charge in [-0.1, -0.05) is 11.8 Å². The van der Waals surface area contributed by atoms with Crippen LogP contribution in [0.4, 0.5) is 0 Å². The van der Waals surface area contributed by atoms with E-state index in [4.69, 9.17) is 10.2 Å². The highest BCUT2D eigenvalue weighted by Gasteiger charge is 2.29. The van der Waals surface area contributed by atoms with Crippen molar-refractivity contribution in [3.63, 3.8) is 0 Å². The first-order valence-electron chi connectivity index (χ1n) is 5.61. The molecular weight excluding hydrogens is 242 g/mol. The van der Waals surface area contributed by atoms with Crippen LogP contribution in [0.15, 0.2) is 5.16 Å². The number of nitrogens with zero attached hydrogens (tertiary/aromatic N) is 3. The number of carboxylic acids is 1. The fourth-order valence-electron chi connectivity index (χ4n) is 1.64. The first kappa shape index (κ1) is 12.4. The van der Waals surface area contributed by atoms with Gasteiger partial charge in [-0.15, -0.1) is 10.2 Å². The number of aliphatic hydroxyl groups excluding tert-OH is 1. The molecule has 0 amide bonds.